The molecule has 0 saturated carbocycles. The molecule has 0 spiro atoms. The van der Waals surface area contributed by atoms with Crippen LogP contribution >= 0.6 is 0 Å². The minimum atomic E-state index is -2.78. The largest absolute Gasteiger partial charge is 0.407 e. The summed E-state index contributed by atoms with van der Waals surface area (Å²) in [7, 11) is -5.04. The van der Waals surface area contributed by atoms with Gasteiger partial charge in [0.1, 0.15) is 35.8 Å². The molecule has 2 saturated heterocycles. The molecule has 0 amide bonds. The van der Waals surface area contributed by atoms with E-state index in [-0.39, 0.29) is 40.0 Å². The first-order valence-corrected chi connectivity index (χ1v) is 20.7. The maximum absolute atomic E-state index is 9.32. The average molecular weight is 641 g/mol. The van der Waals surface area contributed by atoms with E-state index in [1.807, 2.05) is 23.0 Å². The smallest absolute Gasteiger partial charge is 0.349 e. The SMILES string of the molecule is CC(C)(C)[Si](C)(C)O[C@@H]1[C@@H]2O[Si](C(C)(C)C)(C(C)(C)C)OC[C@H]2O[C@H]1n1cnc2c(-c3cccc(CCCO)c3)ncnc21. The van der Waals surface area contributed by atoms with Gasteiger partial charge in [-0.15, -0.1) is 0 Å². The van der Waals surface area contributed by atoms with E-state index < -0.39 is 23.1 Å². The molecule has 44 heavy (non-hydrogen) atoms. The van der Waals surface area contributed by atoms with E-state index in [9.17, 15) is 5.11 Å². The lowest BCUT2D eigenvalue weighted by molar-refractivity contribution is -0.0795. The number of aliphatic hydroxyl groups is 1. The number of ether oxygens (including phenoxy) is 1. The number of aromatic nitrogens is 4. The zero-order valence-electron chi connectivity index (χ0n) is 28.5. The summed E-state index contributed by atoms with van der Waals surface area (Å²) in [5, 5.41) is 8.99. The molecule has 9 nitrogen and oxygen atoms in total. The zero-order chi connectivity index (χ0) is 32.3. The quantitative estimate of drug-likeness (QED) is 0.272. The molecule has 0 bridgehead atoms. The second kappa shape index (κ2) is 11.7. The number of aryl methyl sites for hydroxylation is 1. The topological polar surface area (TPSA) is 101 Å². The molecular weight excluding hydrogens is 589 g/mol. The highest BCUT2D eigenvalue weighted by Gasteiger charge is 2.66. The molecule has 2 fully saturated rings. The van der Waals surface area contributed by atoms with Crippen LogP contribution in [0.2, 0.25) is 28.2 Å². The highest BCUT2D eigenvalue weighted by molar-refractivity contribution is 6.74. The van der Waals surface area contributed by atoms with Gasteiger partial charge in [0.25, 0.3) is 0 Å². The number of nitrogens with zero attached hydrogens (tertiary/aromatic N) is 4. The van der Waals surface area contributed by atoms with E-state index in [0.29, 0.717) is 24.2 Å². The Labute approximate surface area is 265 Å². The third-order valence-electron chi connectivity index (χ3n) is 9.71. The summed E-state index contributed by atoms with van der Waals surface area (Å²) in [6, 6.07) is 8.27. The molecule has 11 heteroatoms. The van der Waals surface area contributed by atoms with Gasteiger partial charge in [0, 0.05) is 22.2 Å². The molecule has 0 radical (unpaired) electrons. The molecule has 1 aromatic carbocycles. The molecule has 4 atom stereocenters. The summed E-state index contributed by atoms with van der Waals surface area (Å²) in [5.41, 5.74) is 4.29. The Bertz CT molecular complexity index is 1460. The fourth-order valence-electron chi connectivity index (χ4n) is 6.59. The molecule has 4 heterocycles. The van der Waals surface area contributed by atoms with Gasteiger partial charge in [-0.2, -0.15) is 0 Å². The first-order valence-electron chi connectivity index (χ1n) is 15.9. The van der Waals surface area contributed by atoms with Crippen molar-refractivity contribution in [3.8, 4) is 11.3 Å². The minimum absolute atomic E-state index is 0.00321. The van der Waals surface area contributed by atoms with Crippen LogP contribution in [-0.2, 0) is 24.4 Å². The van der Waals surface area contributed by atoms with Gasteiger partial charge in [-0.05, 0) is 42.6 Å². The van der Waals surface area contributed by atoms with Crippen LogP contribution in [0.1, 0.15) is 80.5 Å². The van der Waals surface area contributed by atoms with Crippen molar-refractivity contribution in [1.82, 2.24) is 19.5 Å². The van der Waals surface area contributed by atoms with Gasteiger partial charge in [0.15, 0.2) is 20.2 Å². The fourth-order valence-corrected chi connectivity index (χ4v) is 12.8. The predicted molar refractivity (Wildman–Crippen MR) is 178 cm³/mol. The van der Waals surface area contributed by atoms with Gasteiger partial charge in [-0.25, -0.2) is 15.0 Å². The Hall–Kier alpha value is -2.00. The van der Waals surface area contributed by atoms with Gasteiger partial charge in [-0.3, -0.25) is 4.57 Å². The van der Waals surface area contributed by atoms with Crippen LogP contribution in [-0.4, -0.2) is 73.0 Å². The van der Waals surface area contributed by atoms with Crippen molar-refractivity contribution in [2.75, 3.05) is 13.2 Å². The number of aliphatic hydroxyl groups excluding tert-OH is 1. The van der Waals surface area contributed by atoms with Crippen molar-refractivity contribution in [3.05, 3.63) is 42.5 Å². The number of hydrogen-bond donors (Lipinski definition) is 1. The lowest BCUT2D eigenvalue weighted by Crippen LogP contribution is -2.66. The number of imidazole rings is 1. The molecule has 5 rings (SSSR count). The van der Waals surface area contributed by atoms with Gasteiger partial charge in [0.05, 0.1) is 12.9 Å². The lowest BCUT2D eigenvalue weighted by Gasteiger charge is -2.54. The molecule has 2 aliphatic rings. The van der Waals surface area contributed by atoms with Gasteiger partial charge in [-0.1, -0.05) is 80.5 Å². The standard InChI is InChI=1S/C33H52N4O5Si2/c1-31(2,3)43(10,11)41-28-27-24(19-39-44(42-27,32(4,5)6)33(7,8)9)40-30(28)37-21-36-26-25(34-20-35-29(26)37)23-16-12-14-22(18-23)15-13-17-38/h12,14,16,18,20-21,24,27-28,30,38H,13,15,17,19H2,1-11H3/t24-,27-,28-,30-/m1/s1. The molecule has 242 valence electrons. The maximum atomic E-state index is 9.32. The van der Waals surface area contributed by atoms with Crippen LogP contribution < -0.4 is 0 Å². The zero-order valence-corrected chi connectivity index (χ0v) is 30.5. The molecular formula is C33H52N4O5Si2. The number of rotatable bonds is 7. The summed E-state index contributed by atoms with van der Waals surface area (Å²) in [4.78, 5) is 14.2. The van der Waals surface area contributed by atoms with E-state index in [1.54, 1.807) is 6.33 Å². The second-order valence-electron chi connectivity index (χ2n) is 16.0. The average Bonchev–Trinajstić information content (AvgIpc) is 3.50. The summed E-state index contributed by atoms with van der Waals surface area (Å²) in [6.45, 7) is 25.4. The van der Waals surface area contributed by atoms with E-state index in [4.69, 9.17) is 28.0 Å². The van der Waals surface area contributed by atoms with Crippen molar-refractivity contribution >= 4 is 28.0 Å². The van der Waals surface area contributed by atoms with Crippen LogP contribution in [0.3, 0.4) is 0 Å². The highest BCUT2D eigenvalue weighted by Crippen LogP contribution is 2.56. The fraction of sp³-hybridized carbons (Fsp3) is 0.667. The second-order valence-corrected chi connectivity index (χ2v) is 25.5. The van der Waals surface area contributed by atoms with Gasteiger partial charge < -0.3 is 23.1 Å². The van der Waals surface area contributed by atoms with E-state index in [2.05, 4.69) is 92.5 Å². The van der Waals surface area contributed by atoms with Crippen LogP contribution in [0, 0.1) is 0 Å². The highest BCUT2D eigenvalue weighted by atomic mass is 28.4. The van der Waals surface area contributed by atoms with Crippen LogP contribution in [0.4, 0.5) is 0 Å². The Kier molecular flexibility index (Phi) is 8.85. The summed E-state index contributed by atoms with van der Waals surface area (Å²) >= 11 is 0. The predicted octanol–water partition coefficient (Wildman–Crippen LogP) is 7.16. The number of benzene rings is 1. The number of fused-ring (bicyclic) bond motifs is 2. The van der Waals surface area contributed by atoms with E-state index in [0.717, 1.165) is 23.2 Å². The van der Waals surface area contributed by atoms with Crippen LogP contribution in [0.25, 0.3) is 22.4 Å². The molecule has 0 unspecified atom stereocenters. The van der Waals surface area contributed by atoms with Crippen LogP contribution in [0.5, 0.6) is 0 Å². The van der Waals surface area contributed by atoms with Crippen LogP contribution in [0.15, 0.2) is 36.9 Å². The third-order valence-corrected chi connectivity index (χ3v) is 19.3. The maximum Gasteiger partial charge on any atom is 0.349 e. The summed E-state index contributed by atoms with van der Waals surface area (Å²) < 4.78 is 30.2. The molecule has 0 aliphatic carbocycles. The number of hydrogen-bond acceptors (Lipinski definition) is 8. The normalized spacial score (nSPS) is 24.5. The van der Waals surface area contributed by atoms with Crippen molar-refractivity contribution < 1.29 is 23.1 Å². The Morgan fingerprint density at radius 3 is 2.36 bits per heavy atom. The monoisotopic (exact) mass is 640 g/mol. The molecule has 2 aromatic heterocycles. The molecule has 2 aliphatic heterocycles. The first kappa shape index (κ1) is 33.4. The van der Waals surface area contributed by atoms with Gasteiger partial charge in [0.2, 0.25) is 0 Å². The summed E-state index contributed by atoms with van der Waals surface area (Å²) in [5.74, 6) is 0. The van der Waals surface area contributed by atoms with E-state index in [1.165, 1.54) is 0 Å². The first-order chi connectivity index (χ1) is 20.4. The van der Waals surface area contributed by atoms with Crippen molar-refractivity contribution in [2.45, 2.75) is 128 Å². The Morgan fingerprint density at radius 1 is 1.02 bits per heavy atom. The van der Waals surface area contributed by atoms with E-state index >= 15 is 0 Å². The Morgan fingerprint density at radius 2 is 1.73 bits per heavy atom. The van der Waals surface area contributed by atoms with Crippen molar-refractivity contribution in [1.29, 1.82) is 0 Å². The third kappa shape index (κ3) is 5.85. The minimum Gasteiger partial charge on any atom is -0.407 e. The van der Waals surface area contributed by atoms with Crippen molar-refractivity contribution in [2.24, 2.45) is 0 Å². The van der Waals surface area contributed by atoms with Gasteiger partial charge >= 0.3 is 8.56 Å². The summed E-state index contributed by atoms with van der Waals surface area (Å²) in [6.07, 6.45) is 3.51. The molecule has 3 aromatic rings. The Balaban J connectivity index is 1.58. The lowest BCUT2D eigenvalue weighted by atomic mass is 10.0. The molecule has 1 N–H and O–H groups in total. The van der Waals surface area contributed by atoms with Crippen molar-refractivity contribution in [3.63, 3.8) is 0 Å².